The Morgan fingerprint density at radius 3 is 2.41 bits per heavy atom. The number of rotatable bonds is 3. The molecule has 3 rings (SSSR count). The lowest BCUT2D eigenvalue weighted by molar-refractivity contribution is -0.120. The molecule has 1 aliphatic carbocycles. The summed E-state index contributed by atoms with van der Waals surface area (Å²) in [4.78, 5) is 23.3. The maximum atomic E-state index is 12.3. The summed E-state index contributed by atoms with van der Waals surface area (Å²) >= 11 is 0. The van der Waals surface area contributed by atoms with Crippen LogP contribution in [0.1, 0.15) is 24.7 Å². The number of benzene rings is 1. The minimum atomic E-state index is -0.123. The standard InChI is InChI=1S/C15H17N5O2/c1-9(21)16-11-3-5-12(6-4-11)17-15(22)10-2-7-13-14(8-10)19-20-18-13/h3-6,10H,2,7-8H2,1H3,(H,16,21)(H,17,22)(H,18,19,20). The quantitative estimate of drug-likeness (QED) is 0.799. The summed E-state index contributed by atoms with van der Waals surface area (Å²) in [6.45, 7) is 1.46. The summed E-state index contributed by atoms with van der Waals surface area (Å²) < 4.78 is 0. The molecular weight excluding hydrogens is 282 g/mol. The molecule has 1 aliphatic rings. The molecule has 0 bridgehead atoms. The fourth-order valence-electron chi connectivity index (χ4n) is 2.59. The van der Waals surface area contributed by atoms with Crippen molar-refractivity contribution in [2.75, 3.05) is 10.6 Å². The van der Waals surface area contributed by atoms with Crippen molar-refractivity contribution < 1.29 is 9.59 Å². The number of aryl methyl sites for hydroxylation is 1. The predicted octanol–water partition coefficient (Wildman–Crippen LogP) is 1.51. The molecule has 0 saturated heterocycles. The molecule has 0 radical (unpaired) electrons. The number of carbonyl (C=O) groups is 2. The number of nitrogens with zero attached hydrogens (tertiary/aromatic N) is 2. The van der Waals surface area contributed by atoms with Gasteiger partial charge in [0, 0.05) is 30.6 Å². The number of carbonyl (C=O) groups excluding carboxylic acids is 2. The third-order valence-corrected chi connectivity index (χ3v) is 3.72. The van der Waals surface area contributed by atoms with E-state index in [9.17, 15) is 9.59 Å². The molecule has 7 nitrogen and oxygen atoms in total. The maximum absolute atomic E-state index is 12.3. The number of anilines is 2. The zero-order valence-corrected chi connectivity index (χ0v) is 12.2. The van der Waals surface area contributed by atoms with E-state index < -0.39 is 0 Å². The van der Waals surface area contributed by atoms with E-state index in [-0.39, 0.29) is 17.7 Å². The van der Waals surface area contributed by atoms with Crippen LogP contribution in [0.15, 0.2) is 24.3 Å². The number of hydrogen-bond acceptors (Lipinski definition) is 4. The smallest absolute Gasteiger partial charge is 0.227 e. The molecule has 1 heterocycles. The molecule has 0 fully saturated rings. The number of aromatic amines is 1. The molecule has 1 aromatic heterocycles. The highest BCUT2D eigenvalue weighted by Gasteiger charge is 2.27. The lowest BCUT2D eigenvalue weighted by Crippen LogP contribution is -2.28. The van der Waals surface area contributed by atoms with E-state index in [2.05, 4.69) is 26.0 Å². The van der Waals surface area contributed by atoms with Gasteiger partial charge in [-0.05, 0) is 37.1 Å². The van der Waals surface area contributed by atoms with Crippen molar-refractivity contribution in [1.29, 1.82) is 0 Å². The van der Waals surface area contributed by atoms with Gasteiger partial charge in [-0.15, -0.1) is 0 Å². The third-order valence-electron chi connectivity index (χ3n) is 3.72. The molecule has 0 saturated carbocycles. The van der Waals surface area contributed by atoms with Gasteiger partial charge in [-0.1, -0.05) is 0 Å². The average Bonchev–Trinajstić information content (AvgIpc) is 2.96. The van der Waals surface area contributed by atoms with E-state index in [0.29, 0.717) is 17.8 Å². The Kier molecular flexibility index (Phi) is 3.86. The van der Waals surface area contributed by atoms with Crippen molar-refractivity contribution in [3.05, 3.63) is 35.7 Å². The fourth-order valence-corrected chi connectivity index (χ4v) is 2.59. The van der Waals surface area contributed by atoms with Gasteiger partial charge in [-0.2, -0.15) is 15.4 Å². The van der Waals surface area contributed by atoms with E-state index in [1.165, 1.54) is 6.92 Å². The minimum absolute atomic E-state index is 0.0130. The number of amides is 2. The molecule has 3 N–H and O–H groups in total. The van der Waals surface area contributed by atoms with E-state index in [1.807, 2.05) is 0 Å². The van der Waals surface area contributed by atoms with Crippen LogP contribution in [-0.2, 0) is 22.4 Å². The predicted molar refractivity (Wildman–Crippen MR) is 81.3 cm³/mol. The number of hydrogen-bond donors (Lipinski definition) is 3. The first-order chi connectivity index (χ1) is 10.6. The lowest BCUT2D eigenvalue weighted by atomic mass is 9.89. The van der Waals surface area contributed by atoms with Crippen molar-refractivity contribution in [3.8, 4) is 0 Å². The Morgan fingerprint density at radius 2 is 1.73 bits per heavy atom. The summed E-state index contributed by atoms with van der Waals surface area (Å²) in [5, 5.41) is 16.3. The summed E-state index contributed by atoms with van der Waals surface area (Å²) in [6.07, 6.45) is 2.16. The van der Waals surface area contributed by atoms with Gasteiger partial charge in [0.1, 0.15) is 0 Å². The van der Waals surface area contributed by atoms with Crippen molar-refractivity contribution >= 4 is 23.2 Å². The molecule has 114 valence electrons. The van der Waals surface area contributed by atoms with Crippen LogP contribution in [0.3, 0.4) is 0 Å². The van der Waals surface area contributed by atoms with Crippen LogP contribution in [0.5, 0.6) is 0 Å². The normalized spacial score (nSPS) is 16.7. The summed E-state index contributed by atoms with van der Waals surface area (Å²) in [5.41, 5.74) is 3.26. The molecule has 1 aromatic carbocycles. The van der Waals surface area contributed by atoms with E-state index in [1.54, 1.807) is 24.3 Å². The van der Waals surface area contributed by atoms with Crippen LogP contribution in [0, 0.1) is 5.92 Å². The molecule has 0 aliphatic heterocycles. The van der Waals surface area contributed by atoms with Crippen LogP contribution < -0.4 is 10.6 Å². The zero-order chi connectivity index (χ0) is 15.5. The largest absolute Gasteiger partial charge is 0.326 e. The van der Waals surface area contributed by atoms with Crippen molar-refractivity contribution in [2.24, 2.45) is 5.92 Å². The summed E-state index contributed by atoms with van der Waals surface area (Å²) in [7, 11) is 0. The van der Waals surface area contributed by atoms with Crippen molar-refractivity contribution in [2.45, 2.75) is 26.2 Å². The Labute approximate surface area is 127 Å². The van der Waals surface area contributed by atoms with E-state index in [4.69, 9.17) is 0 Å². The van der Waals surface area contributed by atoms with Gasteiger partial charge in [-0.25, -0.2) is 0 Å². The molecule has 7 heteroatoms. The molecule has 1 unspecified atom stereocenters. The van der Waals surface area contributed by atoms with Crippen LogP contribution >= 0.6 is 0 Å². The summed E-state index contributed by atoms with van der Waals surface area (Å²) in [5.74, 6) is -0.226. The highest BCUT2D eigenvalue weighted by atomic mass is 16.2. The second-order valence-corrected chi connectivity index (χ2v) is 5.40. The first kappa shape index (κ1) is 14.2. The van der Waals surface area contributed by atoms with Gasteiger partial charge < -0.3 is 10.6 Å². The maximum Gasteiger partial charge on any atom is 0.227 e. The van der Waals surface area contributed by atoms with Gasteiger partial charge >= 0.3 is 0 Å². The SMILES string of the molecule is CC(=O)Nc1ccc(NC(=O)C2CCc3n[nH]nc3C2)cc1. The zero-order valence-electron chi connectivity index (χ0n) is 12.2. The second-order valence-electron chi connectivity index (χ2n) is 5.40. The molecule has 2 amide bonds. The number of H-pyrrole nitrogens is 1. The first-order valence-electron chi connectivity index (χ1n) is 7.19. The van der Waals surface area contributed by atoms with Crippen LogP contribution in [0.25, 0.3) is 0 Å². The number of aromatic nitrogens is 3. The van der Waals surface area contributed by atoms with Crippen LogP contribution in [0.2, 0.25) is 0 Å². The molecule has 1 atom stereocenters. The fraction of sp³-hybridized carbons (Fsp3) is 0.333. The highest BCUT2D eigenvalue weighted by Crippen LogP contribution is 2.24. The number of fused-ring (bicyclic) bond motifs is 1. The number of nitrogens with one attached hydrogen (secondary N) is 3. The topological polar surface area (TPSA) is 99.8 Å². The van der Waals surface area contributed by atoms with Crippen LogP contribution in [0.4, 0.5) is 11.4 Å². The van der Waals surface area contributed by atoms with Crippen LogP contribution in [-0.4, -0.2) is 27.2 Å². The molecular formula is C15H17N5O2. The van der Waals surface area contributed by atoms with Gasteiger partial charge in [0.25, 0.3) is 0 Å². The first-order valence-corrected chi connectivity index (χ1v) is 7.19. The highest BCUT2D eigenvalue weighted by molar-refractivity contribution is 5.93. The molecule has 2 aromatic rings. The Morgan fingerprint density at radius 1 is 1.09 bits per heavy atom. The Balaban J connectivity index is 1.61. The van der Waals surface area contributed by atoms with Gasteiger partial charge in [0.2, 0.25) is 11.8 Å². The molecule has 22 heavy (non-hydrogen) atoms. The van der Waals surface area contributed by atoms with Crippen molar-refractivity contribution in [3.63, 3.8) is 0 Å². The van der Waals surface area contributed by atoms with Crippen molar-refractivity contribution in [1.82, 2.24) is 15.4 Å². The van der Waals surface area contributed by atoms with Gasteiger partial charge in [0.05, 0.1) is 11.4 Å². The second kappa shape index (κ2) is 5.97. The average molecular weight is 299 g/mol. The van der Waals surface area contributed by atoms with Gasteiger partial charge in [0.15, 0.2) is 0 Å². The minimum Gasteiger partial charge on any atom is -0.326 e. The summed E-state index contributed by atoms with van der Waals surface area (Å²) in [6, 6.07) is 7.06. The van der Waals surface area contributed by atoms with E-state index >= 15 is 0 Å². The Bertz CT molecular complexity index is 692. The monoisotopic (exact) mass is 299 g/mol. The lowest BCUT2D eigenvalue weighted by Gasteiger charge is -2.19. The third kappa shape index (κ3) is 3.13. The van der Waals surface area contributed by atoms with Gasteiger partial charge in [-0.3, -0.25) is 9.59 Å². The molecule has 0 spiro atoms. The van der Waals surface area contributed by atoms with E-state index in [0.717, 1.165) is 24.2 Å². The Hall–Kier alpha value is -2.70.